The van der Waals surface area contributed by atoms with Crippen LogP contribution in [0.4, 0.5) is 5.82 Å². The molecule has 66 valence electrons. The lowest BCUT2D eigenvalue weighted by molar-refractivity contribution is 0.637. The zero-order valence-corrected chi connectivity index (χ0v) is 7.97. The number of halogens is 1. The Morgan fingerprint density at radius 2 is 2.25 bits per heavy atom. The van der Waals surface area contributed by atoms with Gasteiger partial charge in [-0.3, -0.25) is 4.98 Å². The number of anilines is 1. The van der Waals surface area contributed by atoms with Crippen molar-refractivity contribution in [3.05, 3.63) is 18.6 Å². The summed E-state index contributed by atoms with van der Waals surface area (Å²) in [7, 11) is 0. The van der Waals surface area contributed by atoms with Gasteiger partial charge in [0.25, 0.3) is 0 Å². The molecule has 0 bridgehead atoms. The van der Waals surface area contributed by atoms with Crippen LogP contribution in [-0.4, -0.2) is 21.4 Å². The molecule has 0 radical (unpaired) electrons. The van der Waals surface area contributed by atoms with Gasteiger partial charge in [-0.15, -0.1) is 11.6 Å². The highest BCUT2D eigenvalue weighted by atomic mass is 35.5. The van der Waals surface area contributed by atoms with E-state index in [1.165, 1.54) is 0 Å². The smallest absolute Gasteiger partial charge is 0.144 e. The SMILES string of the molecule is CC(C)(CCl)Nc1cnccn1. The van der Waals surface area contributed by atoms with E-state index in [0.29, 0.717) is 5.88 Å². The minimum absolute atomic E-state index is 0.141. The molecule has 0 aromatic carbocycles. The van der Waals surface area contributed by atoms with Crippen LogP contribution in [0.2, 0.25) is 0 Å². The second-order valence-corrected chi connectivity index (χ2v) is 3.50. The molecule has 0 atom stereocenters. The number of aromatic nitrogens is 2. The molecule has 0 unspecified atom stereocenters. The number of rotatable bonds is 3. The molecule has 1 N–H and O–H groups in total. The van der Waals surface area contributed by atoms with E-state index in [-0.39, 0.29) is 5.54 Å². The molecule has 0 amide bonds. The van der Waals surface area contributed by atoms with Gasteiger partial charge < -0.3 is 5.32 Å². The van der Waals surface area contributed by atoms with Gasteiger partial charge >= 0.3 is 0 Å². The molecule has 0 fully saturated rings. The van der Waals surface area contributed by atoms with Crippen LogP contribution >= 0.6 is 11.6 Å². The molecule has 1 heterocycles. The van der Waals surface area contributed by atoms with Crippen molar-refractivity contribution in [3.63, 3.8) is 0 Å². The Morgan fingerprint density at radius 1 is 1.50 bits per heavy atom. The summed E-state index contributed by atoms with van der Waals surface area (Å²) in [4.78, 5) is 8.01. The van der Waals surface area contributed by atoms with Gasteiger partial charge in [0.05, 0.1) is 6.20 Å². The lowest BCUT2D eigenvalue weighted by atomic mass is 10.1. The summed E-state index contributed by atoms with van der Waals surface area (Å²) in [6, 6.07) is 0. The lowest BCUT2D eigenvalue weighted by Crippen LogP contribution is -2.33. The number of nitrogens with zero attached hydrogens (tertiary/aromatic N) is 2. The highest BCUT2D eigenvalue weighted by Gasteiger charge is 2.15. The summed E-state index contributed by atoms with van der Waals surface area (Å²) < 4.78 is 0. The largest absolute Gasteiger partial charge is 0.363 e. The van der Waals surface area contributed by atoms with Crippen molar-refractivity contribution in [1.29, 1.82) is 0 Å². The third-order valence-corrected chi connectivity index (χ3v) is 2.03. The van der Waals surface area contributed by atoms with Gasteiger partial charge in [-0.2, -0.15) is 0 Å². The van der Waals surface area contributed by atoms with Crippen LogP contribution in [-0.2, 0) is 0 Å². The van der Waals surface area contributed by atoms with Crippen molar-refractivity contribution in [2.45, 2.75) is 19.4 Å². The highest BCUT2D eigenvalue weighted by Crippen LogP contribution is 2.12. The van der Waals surface area contributed by atoms with Crippen molar-refractivity contribution in [1.82, 2.24) is 9.97 Å². The van der Waals surface area contributed by atoms with E-state index < -0.39 is 0 Å². The quantitative estimate of drug-likeness (QED) is 0.732. The first-order valence-electron chi connectivity index (χ1n) is 3.74. The molecular formula is C8H12ClN3. The first-order valence-corrected chi connectivity index (χ1v) is 4.28. The number of alkyl halides is 1. The van der Waals surface area contributed by atoms with Gasteiger partial charge in [-0.05, 0) is 13.8 Å². The minimum atomic E-state index is -0.141. The molecule has 12 heavy (non-hydrogen) atoms. The van der Waals surface area contributed by atoms with E-state index in [9.17, 15) is 0 Å². The van der Waals surface area contributed by atoms with E-state index in [1.54, 1.807) is 18.6 Å². The molecule has 1 aromatic heterocycles. The fraction of sp³-hybridized carbons (Fsp3) is 0.500. The van der Waals surface area contributed by atoms with Crippen LogP contribution in [0.15, 0.2) is 18.6 Å². The summed E-state index contributed by atoms with van der Waals surface area (Å²) in [5.74, 6) is 1.28. The van der Waals surface area contributed by atoms with Crippen LogP contribution in [0.1, 0.15) is 13.8 Å². The highest BCUT2D eigenvalue weighted by molar-refractivity contribution is 6.18. The maximum atomic E-state index is 5.73. The molecule has 1 rings (SSSR count). The Kier molecular flexibility index (Phi) is 2.87. The van der Waals surface area contributed by atoms with Crippen molar-refractivity contribution in [2.75, 3.05) is 11.2 Å². The molecule has 3 nitrogen and oxygen atoms in total. The Labute approximate surface area is 77.2 Å². The normalized spacial score (nSPS) is 11.2. The fourth-order valence-corrected chi connectivity index (χ4v) is 0.811. The molecule has 0 saturated carbocycles. The van der Waals surface area contributed by atoms with E-state index >= 15 is 0 Å². The van der Waals surface area contributed by atoms with Crippen molar-refractivity contribution in [2.24, 2.45) is 0 Å². The standard InChI is InChI=1S/C8H12ClN3/c1-8(2,6-9)12-7-5-10-3-4-11-7/h3-5H,6H2,1-2H3,(H,11,12). The van der Waals surface area contributed by atoms with Crippen LogP contribution in [0.25, 0.3) is 0 Å². The minimum Gasteiger partial charge on any atom is -0.363 e. The second-order valence-electron chi connectivity index (χ2n) is 3.23. The molecule has 1 aromatic rings. The summed E-state index contributed by atoms with van der Waals surface area (Å²) in [6.07, 6.45) is 4.96. The number of hydrogen-bond acceptors (Lipinski definition) is 3. The van der Waals surface area contributed by atoms with Crippen LogP contribution < -0.4 is 5.32 Å². The molecule has 0 aliphatic heterocycles. The van der Waals surface area contributed by atoms with Crippen molar-refractivity contribution in [3.8, 4) is 0 Å². The van der Waals surface area contributed by atoms with Gasteiger partial charge in [-0.1, -0.05) is 0 Å². The first-order chi connectivity index (χ1) is 5.64. The molecular weight excluding hydrogens is 174 g/mol. The zero-order valence-electron chi connectivity index (χ0n) is 7.21. The van der Waals surface area contributed by atoms with Gasteiger partial charge in [0.2, 0.25) is 0 Å². The summed E-state index contributed by atoms with van der Waals surface area (Å²) in [5, 5.41) is 3.16. The number of hydrogen-bond donors (Lipinski definition) is 1. The van der Waals surface area contributed by atoms with E-state index in [4.69, 9.17) is 11.6 Å². The van der Waals surface area contributed by atoms with Crippen LogP contribution in [0, 0.1) is 0 Å². The Bertz CT molecular complexity index is 235. The molecule has 0 spiro atoms. The maximum absolute atomic E-state index is 5.73. The maximum Gasteiger partial charge on any atom is 0.144 e. The molecule has 4 heteroatoms. The van der Waals surface area contributed by atoms with E-state index in [2.05, 4.69) is 15.3 Å². The fourth-order valence-electron chi connectivity index (χ4n) is 0.744. The molecule has 0 aliphatic carbocycles. The molecule has 0 saturated heterocycles. The van der Waals surface area contributed by atoms with Gasteiger partial charge in [0, 0.05) is 23.8 Å². The first kappa shape index (κ1) is 9.26. The van der Waals surface area contributed by atoms with Crippen LogP contribution in [0.5, 0.6) is 0 Å². The third-order valence-electron chi connectivity index (χ3n) is 1.36. The average molecular weight is 186 g/mol. The Morgan fingerprint density at radius 3 is 2.75 bits per heavy atom. The van der Waals surface area contributed by atoms with Gasteiger partial charge in [0.1, 0.15) is 5.82 Å². The van der Waals surface area contributed by atoms with Crippen molar-refractivity contribution < 1.29 is 0 Å². The predicted octanol–water partition coefficient (Wildman–Crippen LogP) is 1.91. The predicted molar refractivity (Wildman–Crippen MR) is 50.5 cm³/mol. The lowest BCUT2D eigenvalue weighted by Gasteiger charge is -2.23. The monoisotopic (exact) mass is 185 g/mol. The molecule has 0 aliphatic rings. The number of nitrogens with one attached hydrogen (secondary N) is 1. The summed E-state index contributed by atoms with van der Waals surface area (Å²) in [6.45, 7) is 4.02. The average Bonchev–Trinajstić information content (AvgIpc) is 2.06. The van der Waals surface area contributed by atoms with E-state index in [1.807, 2.05) is 13.8 Å². The van der Waals surface area contributed by atoms with Crippen molar-refractivity contribution >= 4 is 17.4 Å². The van der Waals surface area contributed by atoms with Gasteiger partial charge in [0.15, 0.2) is 0 Å². The van der Waals surface area contributed by atoms with E-state index in [0.717, 1.165) is 5.82 Å². The topological polar surface area (TPSA) is 37.8 Å². The zero-order chi connectivity index (χ0) is 9.03. The second kappa shape index (κ2) is 3.72. The third kappa shape index (κ3) is 2.66. The summed E-state index contributed by atoms with van der Waals surface area (Å²) in [5.41, 5.74) is -0.141. The summed E-state index contributed by atoms with van der Waals surface area (Å²) >= 11 is 5.73. The van der Waals surface area contributed by atoms with Gasteiger partial charge in [-0.25, -0.2) is 4.98 Å². The van der Waals surface area contributed by atoms with Crippen LogP contribution in [0.3, 0.4) is 0 Å². The Balaban J connectivity index is 2.64. The Hall–Kier alpha value is -0.830.